The maximum Gasteiger partial charge on any atom is 0.416 e. The Hall–Kier alpha value is -2.38. The number of benzene rings is 1. The molecule has 1 aromatic carbocycles. The molecule has 0 aliphatic carbocycles. The third-order valence-corrected chi connectivity index (χ3v) is 4.11. The summed E-state index contributed by atoms with van der Waals surface area (Å²) in [5.74, 6) is -1.18. The number of hydrogen-bond donors (Lipinski definition) is 1. The third-order valence-electron chi connectivity index (χ3n) is 4.11. The lowest BCUT2D eigenvalue weighted by atomic mass is 10.1. The van der Waals surface area contributed by atoms with E-state index in [1.54, 1.807) is 11.7 Å². The summed E-state index contributed by atoms with van der Waals surface area (Å²) in [6.07, 6.45) is -4.05. The minimum atomic E-state index is -4.60. The van der Waals surface area contributed by atoms with E-state index < -0.39 is 23.5 Å². The topological polar surface area (TPSA) is 46.9 Å². The van der Waals surface area contributed by atoms with Crippen molar-refractivity contribution in [2.24, 2.45) is 7.05 Å². The first-order valence-corrected chi connectivity index (χ1v) is 7.71. The van der Waals surface area contributed by atoms with Gasteiger partial charge in [-0.3, -0.25) is 9.48 Å². The van der Waals surface area contributed by atoms with Gasteiger partial charge < -0.3 is 5.32 Å². The predicted octanol–water partition coefficient (Wildman–Crippen LogP) is 3.44. The second-order valence-corrected chi connectivity index (χ2v) is 5.85. The molecule has 1 aromatic heterocycles. The summed E-state index contributed by atoms with van der Waals surface area (Å²) >= 11 is 0. The van der Waals surface area contributed by atoms with Gasteiger partial charge in [0.2, 0.25) is 5.91 Å². The number of rotatable bonds is 5. The van der Waals surface area contributed by atoms with Crippen LogP contribution in [0.3, 0.4) is 0 Å². The zero-order valence-corrected chi connectivity index (χ0v) is 14.2. The quantitative estimate of drug-likeness (QED) is 0.834. The lowest BCUT2D eigenvalue weighted by Crippen LogP contribution is -2.25. The summed E-state index contributed by atoms with van der Waals surface area (Å²) in [6, 6.07) is 2.22. The Labute approximate surface area is 142 Å². The molecule has 0 fully saturated rings. The fourth-order valence-corrected chi connectivity index (χ4v) is 2.69. The number of hydrogen-bond acceptors (Lipinski definition) is 2. The van der Waals surface area contributed by atoms with Crippen molar-refractivity contribution in [3.8, 4) is 0 Å². The molecule has 4 nitrogen and oxygen atoms in total. The van der Waals surface area contributed by atoms with E-state index in [4.69, 9.17) is 0 Å². The van der Waals surface area contributed by atoms with Crippen molar-refractivity contribution in [1.29, 1.82) is 0 Å². The van der Waals surface area contributed by atoms with Crippen LogP contribution in [0.1, 0.15) is 34.5 Å². The number of aromatic nitrogens is 2. The van der Waals surface area contributed by atoms with Crippen LogP contribution in [-0.4, -0.2) is 15.7 Å². The summed E-state index contributed by atoms with van der Waals surface area (Å²) in [5, 5.41) is 6.67. The Morgan fingerprint density at radius 3 is 2.52 bits per heavy atom. The van der Waals surface area contributed by atoms with Gasteiger partial charge in [-0.15, -0.1) is 0 Å². The molecule has 2 aromatic rings. The first-order chi connectivity index (χ1) is 11.6. The van der Waals surface area contributed by atoms with Gasteiger partial charge >= 0.3 is 6.18 Å². The highest BCUT2D eigenvalue weighted by Gasteiger charge is 2.33. The van der Waals surface area contributed by atoms with E-state index in [2.05, 4.69) is 10.4 Å². The van der Waals surface area contributed by atoms with E-state index in [9.17, 15) is 22.4 Å². The lowest BCUT2D eigenvalue weighted by molar-refractivity contribution is -0.138. The molecular formula is C17H19F4N3O. The molecule has 1 N–H and O–H groups in total. The average molecular weight is 357 g/mol. The minimum absolute atomic E-state index is 0.115. The van der Waals surface area contributed by atoms with Gasteiger partial charge in [0.1, 0.15) is 5.82 Å². The van der Waals surface area contributed by atoms with Crippen molar-refractivity contribution in [2.75, 3.05) is 0 Å². The number of nitrogens with one attached hydrogen (secondary N) is 1. The fourth-order valence-electron chi connectivity index (χ4n) is 2.69. The van der Waals surface area contributed by atoms with Crippen LogP contribution in [0, 0.1) is 19.7 Å². The van der Waals surface area contributed by atoms with E-state index in [1.807, 2.05) is 13.8 Å². The Kier molecular flexibility index (Phi) is 5.49. The van der Waals surface area contributed by atoms with Crippen LogP contribution in [-0.2, 0) is 31.0 Å². The van der Waals surface area contributed by atoms with Gasteiger partial charge in [0.05, 0.1) is 11.3 Å². The smallest absolute Gasteiger partial charge is 0.352 e. The Morgan fingerprint density at radius 2 is 1.96 bits per heavy atom. The molecule has 136 valence electrons. The fraction of sp³-hybridized carbons (Fsp3) is 0.412. The van der Waals surface area contributed by atoms with E-state index in [1.165, 1.54) is 0 Å². The zero-order valence-electron chi connectivity index (χ0n) is 14.2. The van der Waals surface area contributed by atoms with Gasteiger partial charge in [-0.05, 0) is 49.6 Å². The summed E-state index contributed by atoms with van der Waals surface area (Å²) in [7, 11) is 1.80. The van der Waals surface area contributed by atoms with Crippen molar-refractivity contribution in [1.82, 2.24) is 15.1 Å². The molecule has 0 unspecified atom stereocenters. The number of alkyl halides is 3. The predicted molar refractivity (Wildman–Crippen MR) is 84.3 cm³/mol. The number of nitrogens with zero attached hydrogens (tertiary/aromatic N) is 2. The zero-order chi connectivity index (χ0) is 18.8. The molecule has 0 saturated carbocycles. The standard InChI is InChI=1S/C17H19F4N3O/c1-10-14(11(2)24(3)23-10)5-7-16(25)22-9-12-8-13(18)4-6-15(12)17(19,20)21/h4,6,8H,5,7,9H2,1-3H3,(H,22,25). The van der Waals surface area contributed by atoms with Crippen LogP contribution in [0.25, 0.3) is 0 Å². The van der Waals surface area contributed by atoms with Gasteiger partial charge in [-0.25, -0.2) is 4.39 Å². The monoisotopic (exact) mass is 357 g/mol. The van der Waals surface area contributed by atoms with Gasteiger partial charge in [0.15, 0.2) is 0 Å². The number of carbonyl (C=O) groups is 1. The van der Waals surface area contributed by atoms with Gasteiger partial charge in [-0.2, -0.15) is 18.3 Å². The Morgan fingerprint density at radius 1 is 1.28 bits per heavy atom. The van der Waals surface area contributed by atoms with Gasteiger partial charge in [0, 0.05) is 25.7 Å². The molecule has 0 radical (unpaired) electrons. The average Bonchev–Trinajstić information content (AvgIpc) is 2.75. The van der Waals surface area contributed by atoms with E-state index in [-0.39, 0.29) is 18.5 Å². The largest absolute Gasteiger partial charge is 0.416 e. The Balaban J connectivity index is 2.00. The molecule has 1 amide bonds. The SMILES string of the molecule is Cc1nn(C)c(C)c1CCC(=O)NCc1cc(F)ccc1C(F)(F)F. The van der Waals surface area contributed by atoms with Crippen LogP contribution >= 0.6 is 0 Å². The molecule has 2 rings (SSSR count). The molecular weight excluding hydrogens is 338 g/mol. The molecule has 1 heterocycles. The summed E-state index contributed by atoms with van der Waals surface area (Å²) < 4.78 is 53.7. The van der Waals surface area contributed by atoms with Crippen molar-refractivity contribution < 1.29 is 22.4 Å². The van der Waals surface area contributed by atoms with Gasteiger partial charge in [0.25, 0.3) is 0 Å². The minimum Gasteiger partial charge on any atom is -0.352 e. The van der Waals surface area contributed by atoms with Crippen molar-refractivity contribution in [2.45, 2.75) is 39.4 Å². The molecule has 25 heavy (non-hydrogen) atoms. The second-order valence-electron chi connectivity index (χ2n) is 5.85. The Bertz CT molecular complexity index is 781. The molecule has 0 aliphatic rings. The van der Waals surface area contributed by atoms with Crippen molar-refractivity contribution in [3.05, 3.63) is 52.1 Å². The highest BCUT2D eigenvalue weighted by Crippen LogP contribution is 2.32. The number of amides is 1. The third kappa shape index (κ3) is 4.58. The van der Waals surface area contributed by atoms with Crippen LogP contribution in [0.2, 0.25) is 0 Å². The highest BCUT2D eigenvalue weighted by molar-refractivity contribution is 5.76. The molecule has 0 atom stereocenters. The number of halogens is 4. The maximum atomic E-state index is 13.2. The van der Waals surface area contributed by atoms with Crippen molar-refractivity contribution >= 4 is 5.91 Å². The summed E-state index contributed by atoms with van der Waals surface area (Å²) in [5.41, 5.74) is 1.45. The number of carbonyl (C=O) groups excluding carboxylic acids is 1. The lowest BCUT2D eigenvalue weighted by Gasteiger charge is -2.13. The number of aryl methyl sites for hydroxylation is 2. The van der Waals surface area contributed by atoms with Gasteiger partial charge in [-0.1, -0.05) is 0 Å². The van der Waals surface area contributed by atoms with Crippen LogP contribution in [0.4, 0.5) is 17.6 Å². The first-order valence-electron chi connectivity index (χ1n) is 7.71. The maximum absolute atomic E-state index is 13.2. The molecule has 0 spiro atoms. The molecule has 0 saturated heterocycles. The second kappa shape index (κ2) is 7.25. The van der Waals surface area contributed by atoms with E-state index >= 15 is 0 Å². The normalized spacial score (nSPS) is 11.6. The van der Waals surface area contributed by atoms with Crippen molar-refractivity contribution in [3.63, 3.8) is 0 Å². The molecule has 8 heteroatoms. The van der Waals surface area contributed by atoms with Crippen LogP contribution in [0.15, 0.2) is 18.2 Å². The first kappa shape index (κ1) is 19.0. The van der Waals surface area contributed by atoms with Crippen LogP contribution < -0.4 is 5.32 Å². The highest BCUT2D eigenvalue weighted by atomic mass is 19.4. The molecule has 0 aliphatic heterocycles. The summed E-state index contributed by atoms with van der Waals surface area (Å²) in [4.78, 5) is 12.0. The molecule has 0 bridgehead atoms. The summed E-state index contributed by atoms with van der Waals surface area (Å²) in [6.45, 7) is 3.34. The van der Waals surface area contributed by atoms with Crippen LogP contribution in [0.5, 0.6) is 0 Å². The van der Waals surface area contributed by atoms with E-state index in [0.717, 1.165) is 29.1 Å². The van der Waals surface area contributed by atoms with E-state index in [0.29, 0.717) is 12.5 Å².